The third kappa shape index (κ3) is 3.93. The van der Waals surface area contributed by atoms with E-state index in [2.05, 4.69) is 0 Å². The molecule has 3 N–H and O–H groups in total. The van der Waals surface area contributed by atoms with Gasteiger partial charge in [0.15, 0.2) is 0 Å². The molecule has 1 aliphatic rings. The predicted molar refractivity (Wildman–Crippen MR) is 76.3 cm³/mol. The van der Waals surface area contributed by atoms with Crippen LogP contribution in [0.15, 0.2) is 18.2 Å². The Labute approximate surface area is 122 Å². The summed E-state index contributed by atoms with van der Waals surface area (Å²) in [6.45, 7) is 1.16. The third-order valence-electron chi connectivity index (χ3n) is 3.92. The Hall–Kier alpha value is -2.11. The summed E-state index contributed by atoms with van der Waals surface area (Å²) in [6.07, 6.45) is 2.39. The highest BCUT2D eigenvalue weighted by molar-refractivity contribution is 5.94. The van der Waals surface area contributed by atoms with Crippen molar-refractivity contribution in [1.29, 1.82) is 0 Å². The highest BCUT2D eigenvalue weighted by atomic mass is 19.1. The van der Waals surface area contributed by atoms with Crippen molar-refractivity contribution >= 4 is 17.6 Å². The van der Waals surface area contributed by atoms with E-state index in [9.17, 15) is 14.0 Å². The maximum Gasteiger partial charge on any atom is 0.303 e. The molecule has 0 atom stereocenters. The molecule has 1 saturated heterocycles. The fraction of sp³-hybridized carbons (Fsp3) is 0.467. The zero-order chi connectivity index (χ0) is 15.4. The summed E-state index contributed by atoms with van der Waals surface area (Å²) in [5.41, 5.74) is 5.72. The minimum absolute atomic E-state index is 0.0268. The van der Waals surface area contributed by atoms with Crippen molar-refractivity contribution < 1.29 is 19.1 Å². The van der Waals surface area contributed by atoms with Crippen molar-refractivity contribution in [2.45, 2.75) is 25.7 Å². The molecule has 1 aliphatic heterocycles. The van der Waals surface area contributed by atoms with Crippen LogP contribution in [-0.2, 0) is 4.79 Å². The normalized spacial score (nSPS) is 16.0. The minimum Gasteiger partial charge on any atom is -0.481 e. The summed E-state index contributed by atoms with van der Waals surface area (Å²) in [6, 6.07) is 4.08. The van der Waals surface area contributed by atoms with Crippen LogP contribution in [0.2, 0.25) is 0 Å². The molecular weight excluding hydrogens is 275 g/mol. The molecule has 1 fully saturated rings. The molecule has 0 saturated carbocycles. The molecule has 0 bridgehead atoms. The maximum absolute atomic E-state index is 13.4. The molecule has 5 nitrogen and oxygen atoms in total. The molecule has 1 amide bonds. The predicted octanol–water partition coefficient (Wildman–Crippen LogP) is 2.12. The first-order valence-electron chi connectivity index (χ1n) is 7.03. The fourth-order valence-corrected chi connectivity index (χ4v) is 2.60. The number of carbonyl (C=O) groups excluding carboxylic acids is 1. The SMILES string of the molecule is Nc1ccc(C(=O)N2CCC(CCC(=O)O)CC2)cc1F. The van der Waals surface area contributed by atoms with Crippen LogP contribution in [0, 0.1) is 11.7 Å². The topological polar surface area (TPSA) is 83.6 Å². The summed E-state index contributed by atoms with van der Waals surface area (Å²) >= 11 is 0. The number of carbonyl (C=O) groups is 2. The standard InChI is InChI=1S/C15H19FN2O3/c16-12-9-11(2-3-13(12)17)15(21)18-7-5-10(6-8-18)1-4-14(19)20/h2-3,9-10H,1,4-8,17H2,(H,19,20). The number of carboxylic acid groups (broad SMARTS) is 1. The van der Waals surface area contributed by atoms with Gasteiger partial charge in [0, 0.05) is 25.1 Å². The lowest BCUT2D eigenvalue weighted by atomic mass is 9.92. The van der Waals surface area contributed by atoms with Crippen LogP contribution in [0.4, 0.5) is 10.1 Å². The average molecular weight is 294 g/mol. The monoisotopic (exact) mass is 294 g/mol. The zero-order valence-corrected chi connectivity index (χ0v) is 11.7. The van der Waals surface area contributed by atoms with Crippen molar-refractivity contribution in [1.82, 2.24) is 4.90 Å². The minimum atomic E-state index is -0.786. The molecule has 0 radical (unpaired) electrons. The molecule has 1 aromatic carbocycles. The Bertz CT molecular complexity index is 540. The summed E-state index contributed by atoms with van der Waals surface area (Å²) in [4.78, 5) is 24.5. The van der Waals surface area contributed by atoms with E-state index in [1.54, 1.807) is 4.90 Å². The second-order valence-electron chi connectivity index (χ2n) is 5.40. The number of nitrogen functional groups attached to an aromatic ring is 1. The van der Waals surface area contributed by atoms with E-state index in [1.165, 1.54) is 12.1 Å². The van der Waals surface area contributed by atoms with E-state index in [-0.39, 0.29) is 18.0 Å². The number of benzene rings is 1. The van der Waals surface area contributed by atoms with E-state index in [0.29, 0.717) is 31.0 Å². The second kappa shape index (κ2) is 6.56. The Balaban J connectivity index is 1.90. The van der Waals surface area contributed by atoms with Gasteiger partial charge in [-0.1, -0.05) is 0 Å². The molecule has 0 aromatic heterocycles. The molecule has 1 heterocycles. The second-order valence-corrected chi connectivity index (χ2v) is 5.40. The summed E-state index contributed by atoms with van der Waals surface area (Å²) in [5.74, 6) is -1.23. The molecule has 0 aliphatic carbocycles. The number of anilines is 1. The van der Waals surface area contributed by atoms with E-state index < -0.39 is 11.8 Å². The molecule has 2 rings (SSSR count). The number of aliphatic carboxylic acids is 1. The average Bonchev–Trinajstić information content (AvgIpc) is 2.48. The van der Waals surface area contributed by atoms with Crippen molar-refractivity contribution in [2.24, 2.45) is 5.92 Å². The number of likely N-dealkylation sites (tertiary alicyclic amines) is 1. The van der Waals surface area contributed by atoms with Crippen molar-refractivity contribution in [3.63, 3.8) is 0 Å². The van der Waals surface area contributed by atoms with Crippen molar-refractivity contribution in [3.05, 3.63) is 29.6 Å². The Morgan fingerprint density at radius 2 is 2.00 bits per heavy atom. The van der Waals surface area contributed by atoms with Gasteiger partial charge in [-0.3, -0.25) is 9.59 Å². The number of piperidine rings is 1. The number of halogens is 1. The van der Waals surface area contributed by atoms with Crippen molar-refractivity contribution in [2.75, 3.05) is 18.8 Å². The Kier molecular flexibility index (Phi) is 4.77. The molecule has 0 unspecified atom stereocenters. The molecular formula is C15H19FN2O3. The Morgan fingerprint density at radius 3 is 2.57 bits per heavy atom. The van der Waals surface area contributed by atoms with Crippen LogP contribution in [0.25, 0.3) is 0 Å². The van der Waals surface area contributed by atoms with E-state index in [1.807, 2.05) is 0 Å². The van der Waals surface area contributed by atoms with Gasteiger partial charge in [0.25, 0.3) is 5.91 Å². The maximum atomic E-state index is 13.4. The third-order valence-corrected chi connectivity index (χ3v) is 3.92. The number of hydrogen-bond donors (Lipinski definition) is 2. The van der Waals surface area contributed by atoms with E-state index in [4.69, 9.17) is 10.8 Å². The number of carboxylic acids is 1. The fourth-order valence-electron chi connectivity index (χ4n) is 2.60. The smallest absolute Gasteiger partial charge is 0.303 e. The highest BCUT2D eigenvalue weighted by Crippen LogP contribution is 2.23. The van der Waals surface area contributed by atoms with E-state index >= 15 is 0 Å². The van der Waals surface area contributed by atoms with Gasteiger partial charge in [0.2, 0.25) is 0 Å². The molecule has 21 heavy (non-hydrogen) atoms. The molecule has 0 spiro atoms. The number of rotatable bonds is 4. The van der Waals surface area contributed by atoms with Crippen LogP contribution < -0.4 is 5.73 Å². The number of hydrogen-bond acceptors (Lipinski definition) is 3. The summed E-state index contributed by atoms with van der Waals surface area (Å²) < 4.78 is 13.4. The first-order valence-corrected chi connectivity index (χ1v) is 7.03. The highest BCUT2D eigenvalue weighted by Gasteiger charge is 2.24. The first-order chi connectivity index (χ1) is 9.97. The first kappa shape index (κ1) is 15.3. The largest absolute Gasteiger partial charge is 0.481 e. The lowest BCUT2D eigenvalue weighted by Gasteiger charge is -2.32. The summed E-state index contributed by atoms with van der Waals surface area (Å²) in [5, 5.41) is 8.67. The van der Waals surface area contributed by atoms with Crippen LogP contribution in [-0.4, -0.2) is 35.0 Å². The molecule has 114 valence electrons. The van der Waals surface area contributed by atoms with Gasteiger partial charge >= 0.3 is 5.97 Å². The van der Waals surface area contributed by atoms with Gasteiger partial charge in [-0.05, 0) is 43.4 Å². The lowest BCUT2D eigenvalue weighted by molar-refractivity contribution is -0.137. The van der Waals surface area contributed by atoms with Gasteiger partial charge in [0.05, 0.1) is 5.69 Å². The molecule has 1 aromatic rings. The van der Waals surface area contributed by atoms with Gasteiger partial charge in [-0.15, -0.1) is 0 Å². The van der Waals surface area contributed by atoms with Crippen LogP contribution >= 0.6 is 0 Å². The molecule has 6 heteroatoms. The van der Waals surface area contributed by atoms with Gasteiger partial charge < -0.3 is 15.7 Å². The number of amides is 1. The Morgan fingerprint density at radius 1 is 1.33 bits per heavy atom. The zero-order valence-electron chi connectivity index (χ0n) is 11.7. The van der Waals surface area contributed by atoms with Crippen LogP contribution in [0.5, 0.6) is 0 Å². The van der Waals surface area contributed by atoms with Crippen LogP contribution in [0.3, 0.4) is 0 Å². The van der Waals surface area contributed by atoms with Gasteiger partial charge in [-0.25, -0.2) is 4.39 Å². The van der Waals surface area contributed by atoms with Gasteiger partial charge in [0.1, 0.15) is 5.82 Å². The van der Waals surface area contributed by atoms with Crippen molar-refractivity contribution in [3.8, 4) is 0 Å². The number of nitrogens with two attached hydrogens (primary N) is 1. The van der Waals surface area contributed by atoms with Gasteiger partial charge in [-0.2, -0.15) is 0 Å². The summed E-state index contributed by atoms with van der Waals surface area (Å²) in [7, 11) is 0. The lowest BCUT2D eigenvalue weighted by Crippen LogP contribution is -2.38. The quantitative estimate of drug-likeness (QED) is 0.833. The van der Waals surface area contributed by atoms with Crippen LogP contribution in [0.1, 0.15) is 36.0 Å². The number of nitrogens with zero attached hydrogens (tertiary/aromatic N) is 1. The van der Waals surface area contributed by atoms with E-state index in [0.717, 1.165) is 18.9 Å².